The number of hydrogen-bond acceptors (Lipinski definition) is 3. The molecule has 1 unspecified atom stereocenters. The summed E-state index contributed by atoms with van der Waals surface area (Å²) in [6.07, 6.45) is 0. The average Bonchev–Trinajstić information content (AvgIpc) is 2.30. The normalized spacial score (nSPS) is 11.9. The molecule has 0 aromatic heterocycles. The highest BCUT2D eigenvalue weighted by atomic mass is 35.5. The first kappa shape index (κ1) is 13.4. The van der Waals surface area contributed by atoms with E-state index in [-0.39, 0.29) is 17.3 Å². The number of amides is 1. The molecular weight excluding hydrogens is 251 g/mol. The van der Waals surface area contributed by atoms with Crippen molar-refractivity contribution in [1.29, 1.82) is 0 Å². The van der Waals surface area contributed by atoms with E-state index < -0.39 is 22.6 Å². The Hall–Kier alpha value is -1.69. The Morgan fingerprint density at radius 1 is 1.65 bits per heavy atom. The SMILES string of the molecule is CC(CCl)C(=O)Nc1ccc([N+](=O)[O-])cc1F. The summed E-state index contributed by atoms with van der Waals surface area (Å²) in [4.78, 5) is 21.1. The number of nitro groups is 1. The molecule has 1 N–H and O–H groups in total. The molecule has 92 valence electrons. The van der Waals surface area contributed by atoms with Gasteiger partial charge in [0.05, 0.1) is 16.7 Å². The molecule has 0 bridgehead atoms. The molecule has 1 amide bonds. The zero-order valence-corrected chi connectivity index (χ0v) is 9.70. The molecule has 1 aromatic carbocycles. The lowest BCUT2D eigenvalue weighted by Crippen LogP contribution is -2.22. The van der Waals surface area contributed by atoms with Gasteiger partial charge in [-0.3, -0.25) is 14.9 Å². The molecule has 0 aliphatic rings. The summed E-state index contributed by atoms with van der Waals surface area (Å²) in [7, 11) is 0. The maximum atomic E-state index is 13.4. The van der Waals surface area contributed by atoms with Gasteiger partial charge < -0.3 is 5.32 Å². The van der Waals surface area contributed by atoms with Gasteiger partial charge in [-0.25, -0.2) is 4.39 Å². The molecule has 5 nitrogen and oxygen atoms in total. The molecule has 1 atom stereocenters. The Morgan fingerprint density at radius 3 is 2.76 bits per heavy atom. The first-order valence-electron chi connectivity index (χ1n) is 4.76. The van der Waals surface area contributed by atoms with Gasteiger partial charge in [0, 0.05) is 17.9 Å². The fraction of sp³-hybridized carbons (Fsp3) is 0.300. The third kappa shape index (κ3) is 3.39. The van der Waals surface area contributed by atoms with Crippen LogP contribution in [0.1, 0.15) is 6.92 Å². The lowest BCUT2D eigenvalue weighted by molar-refractivity contribution is -0.385. The van der Waals surface area contributed by atoms with E-state index in [1.54, 1.807) is 6.92 Å². The van der Waals surface area contributed by atoms with Gasteiger partial charge in [-0.05, 0) is 6.07 Å². The van der Waals surface area contributed by atoms with Crippen LogP contribution in [0.2, 0.25) is 0 Å². The number of nitrogens with zero attached hydrogens (tertiary/aromatic N) is 1. The predicted octanol–water partition coefficient (Wildman–Crippen LogP) is 2.55. The van der Waals surface area contributed by atoms with Gasteiger partial charge in [-0.2, -0.15) is 0 Å². The van der Waals surface area contributed by atoms with Crippen LogP contribution < -0.4 is 5.32 Å². The van der Waals surface area contributed by atoms with Crippen LogP contribution in [-0.2, 0) is 4.79 Å². The second-order valence-corrected chi connectivity index (χ2v) is 3.77. The Morgan fingerprint density at radius 2 is 2.29 bits per heavy atom. The molecule has 7 heteroatoms. The minimum Gasteiger partial charge on any atom is -0.323 e. The third-order valence-corrected chi connectivity index (χ3v) is 2.56. The van der Waals surface area contributed by atoms with Gasteiger partial charge in [0.1, 0.15) is 0 Å². The Labute approximate surface area is 102 Å². The summed E-state index contributed by atoms with van der Waals surface area (Å²) in [6, 6.07) is 3.01. The first-order valence-corrected chi connectivity index (χ1v) is 5.30. The van der Waals surface area contributed by atoms with Gasteiger partial charge in [0.25, 0.3) is 5.69 Å². The van der Waals surface area contributed by atoms with Crippen molar-refractivity contribution in [3.05, 3.63) is 34.1 Å². The van der Waals surface area contributed by atoms with Crippen molar-refractivity contribution in [3.8, 4) is 0 Å². The molecule has 0 fully saturated rings. The van der Waals surface area contributed by atoms with E-state index >= 15 is 0 Å². The van der Waals surface area contributed by atoms with Crippen molar-refractivity contribution in [2.45, 2.75) is 6.92 Å². The summed E-state index contributed by atoms with van der Waals surface area (Å²) < 4.78 is 13.4. The van der Waals surface area contributed by atoms with E-state index in [0.29, 0.717) is 0 Å². The van der Waals surface area contributed by atoms with E-state index in [1.165, 1.54) is 0 Å². The molecule has 0 radical (unpaired) electrons. The fourth-order valence-corrected chi connectivity index (χ4v) is 1.19. The lowest BCUT2D eigenvalue weighted by Gasteiger charge is -2.09. The molecule has 0 saturated heterocycles. The number of carbonyl (C=O) groups excluding carboxylic acids is 1. The summed E-state index contributed by atoms with van der Waals surface area (Å²) in [6.45, 7) is 1.59. The minimum atomic E-state index is -0.852. The van der Waals surface area contributed by atoms with Crippen molar-refractivity contribution in [1.82, 2.24) is 0 Å². The van der Waals surface area contributed by atoms with Crippen molar-refractivity contribution in [3.63, 3.8) is 0 Å². The number of nitrogens with one attached hydrogen (secondary N) is 1. The number of hydrogen-bond donors (Lipinski definition) is 1. The van der Waals surface area contributed by atoms with Crippen LogP contribution in [0.3, 0.4) is 0 Å². The van der Waals surface area contributed by atoms with Crippen molar-refractivity contribution >= 4 is 28.9 Å². The monoisotopic (exact) mass is 260 g/mol. The van der Waals surface area contributed by atoms with E-state index in [2.05, 4.69) is 5.32 Å². The molecular formula is C10H10ClFN2O3. The number of anilines is 1. The molecule has 17 heavy (non-hydrogen) atoms. The van der Waals surface area contributed by atoms with Crippen LogP contribution in [0, 0.1) is 21.8 Å². The third-order valence-electron chi connectivity index (χ3n) is 2.10. The van der Waals surface area contributed by atoms with Gasteiger partial charge in [-0.1, -0.05) is 6.92 Å². The Bertz CT molecular complexity index is 453. The molecule has 0 aliphatic carbocycles. The highest BCUT2D eigenvalue weighted by molar-refractivity contribution is 6.19. The van der Waals surface area contributed by atoms with E-state index in [1.807, 2.05) is 0 Å². The van der Waals surface area contributed by atoms with Crippen molar-refractivity contribution in [2.24, 2.45) is 5.92 Å². The predicted molar refractivity (Wildman–Crippen MR) is 61.6 cm³/mol. The molecule has 0 aliphatic heterocycles. The van der Waals surface area contributed by atoms with E-state index in [9.17, 15) is 19.3 Å². The highest BCUT2D eigenvalue weighted by Gasteiger charge is 2.15. The summed E-state index contributed by atoms with van der Waals surface area (Å²) in [5, 5.41) is 12.7. The minimum absolute atomic E-state index is 0.0995. The number of carbonyl (C=O) groups is 1. The standard InChI is InChI=1S/C10H10ClFN2O3/c1-6(5-11)10(15)13-9-3-2-7(14(16)17)4-8(9)12/h2-4,6H,5H2,1H3,(H,13,15). The maximum Gasteiger partial charge on any atom is 0.272 e. The van der Waals surface area contributed by atoms with Crippen molar-refractivity contribution < 1.29 is 14.1 Å². The quantitative estimate of drug-likeness (QED) is 0.514. The van der Waals surface area contributed by atoms with Crippen molar-refractivity contribution in [2.75, 3.05) is 11.2 Å². The highest BCUT2D eigenvalue weighted by Crippen LogP contribution is 2.21. The number of benzene rings is 1. The summed E-state index contributed by atoms with van der Waals surface area (Å²) in [5.74, 6) is -1.64. The first-order chi connectivity index (χ1) is 7.95. The Balaban J connectivity index is 2.86. The number of nitro benzene ring substituents is 1. The summed E-state index contributed by atoms with van der Waals surface area (Å²) in [5.41, 5.74) is -0.469. The molecule has 0 saturated carbocycles. The average molecular weight is 261 g/mol. The van der Waals surface area contributed by atoms with Crippen LogP contribution in [-0.4, -0.2) is 16.7 Å². The van der Waals surface area contributed by atoms with Crippen LogP contribution in [0.25, 0.3) is 0 Å². The zero-order chi connectivity index (χ0) is 13.0. The van der Waals surface area contributed by atoms with Gasteiger partial charge >= 0.3 is 0 Å². The second kappa shape index (κ2) is 5.58. The van der Waals surface area contributed by atoms with E-state index in [0.717, 1.165) is 18.2 Å². The zero-order valence-electron chi connectivity index (χ0n) is 8.94. The molecule has 0 heterocycles. The number of non-ortho nitro benzene ring substituents is 1. The Kier molecular flexibility index (Phi) is 4.39. The summed E-state index contributed by atoms with van der Waals surface area (Å²) >= 11 is 5.48. The smallest absolute Gasteiger partial charge is 0.272 e. The fourth-order valence-electron chi connectivity index (χ4n) is 1.04. The number of halogens is 2. The van der Waals surface area contributed by atoms with Crippen LogP contribution >= 0.6 is 11.6 Å². The van der Waals surface area contributed by atoms with Crippen LogP contribution in [0.15, 0.2) is 18.2 Å². The van der Waals surface area contributed by atoms with Gasteiger partial charge in [-0.15, -0.1) is 11.6 Å². The number of rotatable bonds is 4. The second-order valence-electron chi connectivity index (χ2n) is 3.47. The van der Waals surface area contributed by atoms with Gasteiger partial charge in [0.2, 0.25) is 5.91 Å². The van der Waals surface area contributed by atoms with Gasteiger partial charge in [0.15, 0.2) is 5.82 Å². The number of alkyl halides is 1. The van der Waals surface area contributed by atoms with Crippen LogP contribution in [0.4, 0.5) is 15.8 Å². The topological polar surface area (TPSA) is 72.2 Å². The maximum absolute atomic E-state index is 13.4. The molecule has 1 aromatic rings. The van der Waals surface area contributed by atoms with E-state index in [4.69, 9.17) is 11.6 Å². The largest absolute Gasteiger partial charge is 0.323 e. The molecule has 1 rings (SSSR count). The van der Waals surface area contributed by atoms with Crippen LogP contribution in [0.5, 0.6) is 0 Å². The molecule has 0 spiro atoms. The lowest BCUT2D eigenvalue weighted by atomic mass is 10.2.